The Morgan fingerprint density at radius 2 is 2.19 bits per heavy atom. The molecule has 0 bridgehead atoms. The fourth-order valence-corrected chi connectivity index (χ4v) is 2.38. The van der Waals surface area contributed by atoms with Gasteiger partial charge in [0.15, 0.2) is 0 Å². The van der Waals surface area contributed by atoms with Gasteiger partial charge in [-0.05, 0) is 37.8 Å². The van der Waals surface area contributed by atoms with Gasteiger partial charge in [0.05, 0.1) is 17.9 Å². The predicted molar refractivity (Wildman–Crippen MR) is 83.4 cm³/mol. The molecule has 0 spiro atoms. The van der Waals surface area contributed by atoms with Gasteiger partial charge in [0.1, 0.15) is 5.82 Å². The summed E-state index contributed by atoms with van der Waals surface area (Å²) in [7, 11) is 1.59. The summed E-state index contributed by atoms with van der Waals surface area (Å²) in [6, 6.07) is 3.26. The molecule has 0 aromatic carbocycles. The summed E-state index contributed by atoms with van der Waals surface area (Å²) < 4.78 is 4.92. The Labute approximate surface area is 125 Å². The van der Waals surface area contributed by atoms with Gasteiger partial charge >= 0.3 is 0 Å². The number of nitrogens with two attached hydrogens (primary N) is 1. The second kappa shape index (κ2) is 7.95. The second-order valence-electron chi connectivity index (χ2n) is 5.33. The first-order chi connectivity index (χ1) is 10.2. The molecule has 1 aliphatic rings. The van der Waals surface area contributed by atoms with E-state index in [0.717, 1.165) is 18.9 Å². The van der Waals surface area contributed by atoms with Crippen LogP contribution in [-0.4, -0.2) is 43.7 Å². The maximum atomic E-state index is 11.9. The minimum absolute atomic E-state index is 0.209. The van der Waals surface area contributed by atoms with E-state index in [9.17, 15) is 4.79 Å². The quantitative estimate of drug-likeness (QED) is 0.828. The number of piperidine rings is 1. The Bertz CT molecular complexity index is 443. The van der Waals surface area contributed by atoms with E-state index >= 15 is 0 Å². The zero-order valence-electron chi connectivity index (χ0n) is 12.5. The van der Waals surface area contributed by atoms with E-state index in [1.807, 2.05) is 12.1 Å². The van der Waals surface area contributed by atoms with Crippen molar-refractivity contribution in [2.45, 2.75) is 31.7 Å². The van der Waals surface area contributed by atoms with Crippen LogP contribution in [0.15, 0.2) is 18.3 Å². The number of hydrogen-bond donors (Lipinski definition) is 2. The topological polar surface area (TPSA) is 80.5 Å². The molecule has 2 rings (SSSR count). The number of anilines is 2. The van der Waals surface area contributed by atoms with Gasteiger partial charge in [-0.15, -0.1) is 0 Å². The highest BCUT2D eigenvalue weighted by molar-refractivity contribution is 5.94. The van der Waals surface area contributed by atoms with E-state index in [1.165, 1.54) is 19.3 Å². The van der Waals surface area contributed by atoms with Crippen LogP contribution in [0.1, 0.15) is 25.7 Å². The minimum atomic E-state index is -0.563. The molecule has 6 nitrogen and oxygen atoms in total. The molecule has 21 heavy (non-hydrogen) atoms. The molecule has 0 saturated carbocycles. The highest BCUT2D eigenvalue weighted by Gasteiger charge is 2.14. The molecule has 1 atom stereocenters. The normalized spacial score (nSPS) is 16.6. The third kappa shape index (κ3) is 4.68. The van der Waals surface area contributed by atoms with E-state index in [0.29, 0.717) is 18.7 Å². The molecule has 1 aromatic heterocycles. The van der Waals surface area contributed by atoms with Crippen LogP contribution in [0.4, 0.5) is 11.5 Å². The van der Waals surface area contributed by atoms with Crippen molar-refractivity contribution < 1.29 is 9.53 Å². The van der Waals surface area contributed by atoms with Gasteiger partial charge in [-0.2, -0.15) is 0 Å². The maximum absolute atomic E-state index is 11.9. The van der Waals surface area contributed by atoms with Gasteiger partial charge in [-0.25, -0.2) is 4.98 Å². The maximum Gasteiger partial charge on any atom is 0.241 e. The standard InChI is InChI=1S/C15H24N4O2/c1-21-10-7-13(16)15(20)18-12-5-6-14(17-11-12)19-8-3-2-4-9-19/h5-6,11,13H,2-4,7-10,16H2,1H3,(H,18,20). The molecule has 1 amide bonds. The SMILES string of the molecule is COCCC(N)C(=O)Nc1ccc(N2CCCCC2)nc1. The Kier molecular flexibility index (Phi) is 5.95. The predicted octanol–water partition coefficient (Wildman–Crippen LogP) is 1.37. The lowest BCUT2D eigenvalue weighted by atomic mass is 10.1. The van der Waals surface area contributed by atoms with Crippen molar-refractivity contribution in [2.75, 3.05) is 37.0 Å². The molecular formula is C15H24N4O2. The number of hydrogen-bond acceptors (Lipinski definition) is 5. The van der Waals surface area contributed by atoms with E-state index in [-0.39, 0.29) is 5.91 Å². The number of carbonyl (C=O) groups excluding carboxylic acids is 1. The van der Waals surface area contributed by atoms with E-state index < -0.39 is 6.04 Å². The molecule has 1 saturated heterocycles. The number of nitrogens with one attached hydrogen (secondary N) is 1. The van der Waals surface area contributed by atoms with E-state index in [1.54, 1.807) is 13.3 Å². The first kappa shape index (κ1) is 15.7. The van der Waals surface area contributed by atoms with Crippen LogP contribution in [0.5, 0.6) is 0 Å². The average molecular weight is 292 g/mol. The molecule has 6 heteroatoms. The third-order valence-electron chi connectivity index (χ3n) is 3.67. The van der Waals surface area contributed by atoms with Crippen molar-refractivity contribution in [1.29, 1.82) is 0 Å². The number of ether oxygens (including phenoxy) is 1. The van der Waals surface area contributed by atoms with Crippen molar-refractivity contribution in [3.05, 3.63) is 18.3 Å². The highest BCUT2D eigenvalue weighted by atomic mass is 16.5. The van der Waals surface area contributed by atoms with Crippen molar-refractivity contribution in [2.24, 2.45) is 5.73 Å². The molecule has 1 aromatic rings. The Hall–Kier alpha value is -1.66. The molecule has 116 valence electrons. The van der Waals surface area contributed by atoms with Crippen LogP contribution in [0.3, 0.4) is 0 Å². The highest BCUT2D eigenvalue weighted by Crippen LogP contribution is 2.18. The fourth-order valence-electron chi connectivity index (χ4n) is 2.38. The number of methoxy groups -OCH3 is 1. The fraction of sp³-hybridized carbons (Fsp3) is 0.600. The second-order valence-corrected chi connectivity index (χ2v) is 5.33. The molecule has 2 heterocycles. The van der Waals surface area contributed by atoms with Crippen molar-refractivity contribution in [3.63, 3.8) is 0 Å². The van der Waals surface area contributed by atoms with Gasteiger partial charge in [-0.3, -0.25) is 4.79 Å². The van der Waals surface area contributed by atoms with Crippen molar-refractivity contribution in [1.82, 2.24) is 4.98 Å². The molecule has 1 fully saturated rings. The largest absolute Gasteiger partial charge is 0.385 e. The number of pyridine rings is 1. The van der Waals surface area contributed by atoms with Crippen LogP contribution >= 0.6 is 0 Å². The minimum Gasteiger partial charge on any atom is -0.385 e. The Morgan fingerprint density at radius 1 is 1.43 bits per heavy atom. The first-order valence-electron chi connectivity index (χ1n) is 7.47. The van der Waals surface area contributed by atoms with E-state index in [2.05, 4.69) is 15.2 Å². The summed E-state index contributed by atoms with van der Waals surface area (Å²) in [5, 5.41) is 2.78. The Morgan fingerprint density at radius 3 is 2.81 bits per heavy atom. The number of rotatable bonds is 6. The number of nitrogens with zero attached hydrogens (tertiary/aromatic N) is 2. The smallest absolute Gasteiger partial charge is 0.241 e. The third-order valence-corrected chi connectivity index (χ3v) is 3.67. The van der Waals surface area contributed by atoms with Gasteiger partial charge in [0.25, 0.3) is 0 Å². The molecule has 3 N–H and O–H groups in total. The number of carbonyl (C=O) groups is 1. The summed E-state index contributed by atoms with van der Waals surface area (Å²) in [5.74, 6) is 0.760. The van der Waals surface area contributed by atoms with Gasteiger partial charge in [0.2, 0.25) is 5.91 Å². The van der Waals surface area contributed by atoms with Crippen molar-refractivity contribution in [3.8, 4) is 0 Å². The lowest BCUT2D eigenvalue weighted by Gasteiger charge is -2.27. The zero-order valence-corrected chi connectivity index (χ0v) is 12.5. The van der Waals surface area contributed by atoms with Crippen LogP contribution < -0.4 is 16.0 Å². The summed E-state index contributed by atoms with van der Waals surface area (Å²) in [4.78, 5) is 18.6. The van der Waals surface area contributed by atoms with Gasteiger partial charge in [0, 0.05) is 26.8 Å². The summed E-state index contributed by atoms with van der Waals surface area (Å²) >= 11 is 0. The van der Waals surface area contributed by atoms with Crippen LogP contribution in [0.2, 0.25) is 0 Å². The number of amides is 1. The van der Waals surface area contributed by atoms with Crippen LogP contribution in [0.25, 0.3) is 0 Å². The molecule has 1 unspecified atom stereocenters. The summed E-state index contributed by atoms with van der Waals surface area (Å²) in [6.45, 7) is 2.59. The van der Waals surface area contributed by atoms with Gasteiger partial charge < -0.3 is 20.7 Å². The lowest BCUT2D eigenvalue weighted by molar-refractivity contribution is -0.117. The lowest BCUT2D eigenvalue weighted by Crippen LogP contribution is -2.36. The molecule has 1 aliphatic heterocycles. The van der Waals surface area contributed by atoms with Crippen LogP contribution in [0, 0.1) is 0 Å². The van der Waals surface area contributed by atoms with Gasteiger partial charge in [-0.1, -0.05) is 0 Å². The summed E-state index contributed by atoms with van der Waals surface area (Å²) in [6.07, 6.45) is 5.92. The molecule has 0 radical (unpaired) electrons. The van der Waals surface area contributed by atoms with Crippen molar-refractivity contribution >= 4 is 17.4 Å². The molecule has 0 aliphatic carbocycles. The first-order valence-corrected chi connectivity index (χ1v) is 7.47. The number of aromatic nitrogens is 1. The van der Waals surface area contributed by atoms with E-state index in [4.69, 9.17) is 10.5 Å². The zero-order chi connectivity index (χ0) is 15.1. The average Bonchev–Trinajstić information content (AvgIpc) is 2.54. The molecular weight excluding hydrogens is 268 g/mol. The monoisotopic (exact) mass is 292 g/mol. The Balaban J connectivity index is 1.88. The van der Waals surface area contributed by atoms with Crippen LogP contribution in [-0.2, 0) is 9.53 Å². The summed E-state index contributed by atoms with van der Waals surface area (Å²) in [5.41, 5.74) is 6.45.